The summed E-state index contributed by atoms with van der Waals surface area (Å²) in [5, 5.41) is 19.8. The Kier molecular flexibility index (Phi) is 5.67. The number of alkyl halides is 3. The van der Waals surface area contributed by atoms with Crippen LogP contribution in [0.1, 0.15) is 23.2 Å². The van der Waals surface area contributed by atoms with Crippen molar-refractivity contribution in [2.75, 3.05) is 23.4 Å². The molecule has 2 heterocycles. The number of pyridine rings is 1. The third-order valence-electron chi connectivity index (χ3n) is 4.96. The first kappa shape index (κ1) is 21.5. The molecule has 1 aromatic heterocycles. The largest absolute Gasteiger partial charge is 0.417 e. The van der Waals surface area contributed by atoms with Crippen LogP contribution < -0.4 is 9.80 Å². The predicted octanol–water partition coefficient (Wildman–Crippen LogP) is 3.02. The Morgan fingerprint density at radius 3 is 2.67 bits per heavy atom. The number of carbonyl (C=O) groups excluding carboxylic acids is 1. The Labute approximate surface area is 170 Å². The lowest BCUT2D eigenvalue weighted by Gasteiger charge is -2.31. The van der Waals surface area contributed by atoms with Crippen molar-refractivity contribution >= 4 is 17.4 Å². The van der Waals surface area contributed by atoms with Crippen molar-refractivity contribution in [2.24, 2.45) is 0 Å². The lowest BCUT2D eigenvalue weighted by Crippen LogP contribution is -2.49. The maximum absolute atomic E-state index is 13.5. The molecular formula is C20H18F4N4O2. The highest BCUT2D eigenvalue weighted by Crippen LogP contribution is 2.38. The van der Waals surface area contributed by atoms with Crippen LogP contribution in [0, 0.1) is 24.1 Å². The number of hydrogen-bond acceptors (Lipinski definition) is 5. The van der Waals surface area contributed by atoms with Crippen LogP contribution in [0.5, 0.6) is 0 Å². The fraction of sp³-hybridized carbons (Fsp3) is 0.350. The van der Waals surface area contributed by atoms with E-state index in [1.807, 2.05) is 0 Å². The maximum atomic E-state index is 13.5. The molecule has 1 aliphatic heterocycles. The molecule has 2 aromatic rings. The van der Waals surface area contributed by atoms with Gasteiger partial charge in [-0.25, -0.2) is 9.37 Å². The van der Waals surface area contributed by atoms with Crippen molar-refractivity contribution in [2.45, 2.75) is 31.7 Å². The lowest BCUT2D eigenvalue weighted by molar-refractivity contribution is -0.137. The molecule has 0 saturated carbocycles. The van der Waals surface area contributed by atoms with Gasteiger partial charge in [-0.15, -0.1) is 0 Å². The summed E-state index contributed by atoms with van der Waals surface area (Å²) >= 11 is 0. The Bertz CT molecular complexity index is 1020. The van der Waals surface area contributed by atoms with E-state index in [0.717, 1.165) is 17.0 Å². The van der Waals surface area contributed by atoms with Crippen LogP contribution in [-0.2, 0) is 11.0 Å². The van der Waals surface area contributed by atoms with Gasteiger partial charge in [0.25, 0.3) is 5.91 Å². The van der Waals surface area contributed by atoms with Crippen LogP contribution in [0.3, 0.4) is 0 Å². The van der Waals surface area contributed by atoms with Crippen LogP contribution in [0.15, 0.2) is 30.3 Å². The minimum Gasteiger partial charge on any atom is -0.390 e. The van der Waals surface area contributed by atoms with Gasteiger partial charge in [-0.2, -0.15) is 18.4 Å². The highest BCUT2D eigenvalue weighted by Gasteiger charge is 2.44. The van der Waals surface area contributed by atoms with Crippen molar-refractivity contribution < 1.29 is 27.5 Å². The summed E-state index contributed by atoms with van der Waals surface area (Å²) in [4.78, 5) is 19.5. The molecule has 30 heavy (non-hydrogen) atoms. The predicted molar refractivity (Wildman–Crippen MR) is 100 cm³/mol. The van der Waals surface area contributed by atoms with Crippen LogP contribution in [0.4, 0.5) is 29.1 Å². The van der Waals surface area contributed by atoms with Crippen molar-refractivity contribution in [1.82, 2.24) is 4.98 Å². The molecule has 0 aliphatic carbocycles. The number of benzene rings is 1. The molecule has 1 saturated heterocycles. The number of amides is 1. The number of halogens is 4. The van der Waals surface area contributed by atoms with Gasteiger partial charge < -0.3 is 14.9 Å². The summed E-state index contributed by atoms with van der Waals surface area (Å²) in [5.41, 5.74) is -1.64. The van der Waals surface area contributed by atoms with E-state index in [9.17, 15) is 32.7 Å². The molecule has 1 amide bonds. The van der Waals surface area contributed by atoms with Crippen molar-refractivity contribution in [3.63, 3.8) is 0 Å². The molecular weight excluding hydrogens is 404 g/mol. The standard InChI is InChI=1S/C20H18F4N4O2/c1-11-8-15(20(22,23)24)14(10-25)18(26-11)28-7-6-16(29)17(28)19(30)27(2)13-5-3-4-12(21)9-13/h3-5,8-9,16-17,29H,6-7H2,1-2H3/t16-,17-/m0/s1. The summed E-state index contributed by atoms with van der Waals surface area (Å²) in [6.07, 6.45) is -5.89. The van der Waals surface area contributed by atoms with Gasteiger partial charge in [0, 0.05) is 25.0 Å². The molecule has 1 fully saturated rings. The summed E-state index contributed by atoms with van der Waals surface area (Å²) in [6, 6.07) is 6.24. The van der Waals surface area contributed by atoms with E-state index in [1.165, 1.54) is 43.1 Å². The zero-order chi connectivity index (χ0) is 22.2. The number of nitrogens with zero attached hydrogens (tertiary/aromatic N) is 4. The number of aliphatic hydroxyl groups is 1. The van der Waals surface area contributed by atoms with Crippen molar-refractivity contribution in [1.29, 1.82) is 5.26 Å². The number of aromatic nitrogens is 1. The number of carbonyl (C=O) groups is 1. The molecule has 0 spiro atoms. The minimum absolute atomic E-state index is 0.0161. The molecule has 1 aromatic carbocycles. The first-order valence-corrected chi connectivity index (χ1v) is 9.01. The second-order valence-electron chi connectivity index (χ2n) is 6.99. The Balaban J connectivity index is 2.05. The normalized spacial score (nSPS) is 18.9. The third kappa shape index (κ3) is 3.93. The fourth-order valence-electron chi connectivity index (χ4n) is 3.52. The molecule has 0 bridgehead atoms. The molecule has 1 aliphatic rings. The zero-order valence-electron chi connectivity index (χ0n) is 16.1. The summed E-state index contributed by atoms with van der Waals surface area (Å²) < 4.78 is 53.9. The first-order valence-electron chi connectivity index (χ1n) is 9.01. The average molecular weight is 422 g/mol. The number of aliphatic hydroxyl groups excluding tert-OH is 1. The van der Waals surface area contributed by atoms with Crippen molar-refractivity contribution in [3.8, 4) is 6.07 Å². The molecule has 3 rings (SSSR count). The van der Waals surface area contributed by atoms with Gasteiger partial charge in [0.15, 0.2) is 0 Å². The number of anilines is 2. The van der Waals surface area contributed by atoms with E-state index in [1.54, 1.807) is 0 Å². The zero-order valence-corrected chi connectivity index (χ0v) is 16.1. The number of rotatable bonds is 3. The lowest BCUT2D eigenvalue weighted by atomic mass is 10.1. The van der Waals surface area contributed by atoms with E-state index in [2.05, 4.69) is 4.98 Å². The Hall–Kier alpha value is -3.19. The quantitative estimate of drug-likeness (QED) is 0.770. The SMILES string of the molecule is Cc1cc(C(F)(F)F)c(C#N)c(N2CC[C@H](O)[C@H]2C(=O)N(C)c2cccc(F)c2)n1. The number of hydrogen-bond donors (Lipinski definition) is 1. The van der Waals surface area contributed by atoms with Crippen LogP contribution in [0.25, 0.3) is 0 Å². The van der Waals surface area contributed by atoms with Gasteiger partial charge in [-0.1, -0.05) is 6.07 Å². The second-order valence-corrected chi connectivity index (χ2v) is 6.99. The highest BCUT2D eigenvalue weighted by atomic mass is 19.4. The van der Waals surface area contributed by atoms with Gasteiger partial charge >= 0.3 is 6.18 Å². The van der Waals surface area contributed by atoms with Gasteiger partial charge in [0.05, 0.1) is 11.7 Å². The third-order valence-corrected chi connectivity index (χ3v) is 4.96. The average Bonchev–Trinajstić information content (AvgIpc) is 3.06. The summed E-state index contributed by atoms with van der Waals surface area (Å²) in [5.74, 6) is -1.54. The first-order chi connectivity index (χ1) is 14.0. The number of aryl methyl sites for hydroxylation is 1. The maximum Gasteiger partial charge on any atom is 0.417 e. The van der Waals surface area contributed by atoms with E-state index in [0.29, 0.717) is 0 Å². The summed E-state index contributed by atoms with van der Waals surface area (Å²) in [6.45, 7) is 1.37. The molecule has 2 atom stereocenters. The van der Waals surface area contributed by atoms with Gasteiger partial charge in [0.2, 0.25) is 0 Å². The fourth-order valence-corrected chi connectivity index (χ4v) is 3.52. The molecule has 0 unspecified atom stereocenters. The van der Waals surface area contributed by atoms with Gasteiger partial charge in [0.1, 0.15) is 29.3 Å². The Morgan fingerprint density at radius 2 is 2.07 bits per heavy atom. The summed E-state index contributed by atoms with van der Waals surface area (Å²) in [7, 11) is 1.37. The Morgan fingerprint density at radius 1 is 1.37 bits per heavy atom. The van der Waals surface area contributed by atoms with Crippen molar-refractivity contribution in [3.05, 3.63) is 53.0 Å². The number of nitriles is 1. The minimum atomic E-state index is -4.79. The smallest absolute Gasteiger partial charge is 0.390 e. The second kappa shape index (κ2) is 7.91. The van der Waals surface area contributed by atoms with E-state index < -0.39 is 41.2 Å². The monoisotopic (exact) mass is 422 g/mol. The van der Waals surface area contributed by atoms with Gasteiger partial charge in [-0.3, -0.25) is 4.79 Å². The van der Waals surface area contributed by atoms with E-state index in [-0.39, 0.29) is 30.2 Å². The molecule has 1 N–H and O–H groups in total. The van der Waals surface area contributed by atoms with Crippen LogP contribution >= 0.6 is 0 Å². The van der Waals surface area contributed by atoms with E-state index in [4.69, 9.17) is 0 Å². The molecule has 10 heteroatoms. The number of likely N-dealkylation sites (N-methyl/N-ethyl adjacent to an activating group) is 1. The topological polar surface area (TPSA) is 80.5 Å². The van der Waals surface area contributed by atoms with Crippen LogP contribution in [0.2, 0.25) is 0 Å². The molecule has 158 valence electrons. The molecule has 6 nitrogen and oxygen atoms in total. The highest BCUT2D eigenvalue weighted by molar-refractivity contribution is 5.99. The molecule has 0 radical (unpaired) electrons. The van der Waals surface area contributed by atoms with Crippen LogP contribution in [-0.4, -0.2) is 41.7 Å². The van der Waals surface area contributed by atoms with E-state index >= 15 is 0 Å². The van der Waals surface area contributed by atoms with Gasteiger partial charge in [-0.05, 0) is 37.6 Å².